The average Bonchev–Trinajstić information content (AvgIpc) is 2.88. The van der Waals surface area contributed by atoms with Gasteiger partial charge in [0.15, 0.2) is 0 Å². The Morgan fingerprint density at radius 2 is 1.75 bits per heavy atom. The lowest BCUT2D eigenvalue weighted by Crippen LogP contribution is -2.53. The molecule has 1 atom stereocenters. The third-order valence-electron chi connectivity index (χ3n) is 6.41. The third kappa shape index (κ3) is 5.37. The normalized spacial score (nSPS) is 22.9. The molecule has 1 aromatic rings. The molecule has 2 aliphatic rings. The highest BCUT2D eigenvalue weighted by molar-refractivity contribution is 6.61. The van der Waals surface area contributed by atoms with Crippen molar-refractivity contribution in [3.63, 3.8) is 0 Å². The zero-order valence-electron chi connectivity index (χ0n) is 21.1. The number of piperidine rings is 1. The van der Waals surface area contributed by atoms with Gasteiger partial charge in [-0.1, -0.05) is 0 Å². The van der Waals surface area contributed by atoms with Gasteiger partial charge in [-0.15, -0.1) is 0 Å². The molecule has 9 heteroatoms. The average molecular weight is 446 g/mol. The standard InChI is InChI=1S/C23H39BN4O4/c1-16(2)28(18-11-10-12-27(15-18)20(29)30-21(3,4)5)19-25-13-17(14-26-19)24-31-22(6,7)23(8,9)32-24/h13-14,16,18H,10-12,15H2,1-9H3/t18-/m1/s1. The molecular formula is C23H39BN4O4. The lowest BCUT2D eigenvalue weighted by atomic mass is 9.81. The van der Waals surface area contributed by atoms with E-state index < -0.39 is 23.9 Å². The minimum absolute atomic E-state index is 0.124. The molecule has 0 bridgehead atoms. The Hall–Kier alpha value is -1.87. The summed E-state index contributed by atoms with van der Waals surface area (Å²) in [7, 11) is -0.487. The first-order valence-corrected chi connectivity index (χ1v) is 11.6. The van der Waals surface area contributed by atoms with Gasteiger partial charge in [0.1, 0.15) is 5.60 Å². The summed E-state index contributed by atoms with van der Waals surface area (Å²) in [4.78, 5) is 25.9. The first kappa shape index (κ1) is 24.8. The van der Waals surface area contributed by atoms with Crippen LogP contribution in [-0.4, -0.2) is 70.1 Å². The van der Waals surface area contributed by atoms with E-state index in [2.05, 4.69) is 28.7 Å². The molecule has 2 aliphatic heterocycles. The quantitative estimate of drug-likeness (QED) is 0.657. The van der Waals surface area contributed by atoms with Gasteiger partial charge in [0.25, 0.3) is 0 Å². The number of aromatic nitrogens is 2. The molecule has 32 heavy (non-hydrogen) atoms. The summed E-state index contributed by atoms with van der Waals surface area (Å²) in [5.74, 6) is 0.649. The van der Waals surface area contributed by atoms with Crippen molar-refractivity contribution < 1.29 is 18.8 Å². The number of nitrogens with zero attached hydrogens (tertiary/aromatic N) is 4. The van der Waals surface area contributed by atoms with Crippen LogP contribution in [0.4, 0.5) is 10.7 Å². The van der Waals surface area contributed by atoms with E-state index in [-0.39, 0.29) is 18.2 Å². The first-order valence-electron chi connectivity index (χ1n) is 11.6. The largest absolute Gasteiger partial charge is 0.498 e. The van der Waals surface area contributed by atoms with Crippen molar-refractivity contribution in [3.8, 4) is 0 Å². The zero-order chi connectivity index (χ0) is 23.9. The Morgan fingerprint density at radius 3 is 2.25 bits per heavy atom. The summed E-state index contributed by atoms with van der Waals surface area (Å²) >= 11 is 0. The zero-order valence-corrected chi connectivity index (χ0v) is 21.1. The van der Waals surface area contributed by atoms with Gasteiger partial charge in [0.2, 0.25) is 5.95 Å². The predicted molar refractivity (Wildman–Crippen MR) is 126 cm³/mol. The molecule has 0 spiro atoms. The Bertz CT molecular complexity index is 791. The summed E-state index contributed by atoms with van der Waals surface area (Å²) in [5.41, 5.74) is -0.523. The van der Waals surface area contributed by atoms with Gasteiger partial charge in [-0.05, 0) is 75.2 Å². The van der Waals surface area contributed by atoms with Crippen molar-refractivity contribution in [1.82, 2.24) is 14.9 Å². The second kappa shape index (κ2) is 8.82. The van der Waals surface area contributed by atoms with Gasteiger partial charge in [-0.25, -0.2) is 14.8 Å². The number of anilines is 1. The molecule has 0 saturated carbocycles. The van der Waals surface area contributed by atoms with E-state index in [1.807, 2.05) is 48.5 Å². The van der Waals surface area contributed by atoms with Crippen LogP contribution < -0.4 is 10.4 Å². The maximum absolute atomic E-state index is 12.6. The molecule has 178 valence electrons. The maximum Gasteiger partial charge on any atom is 0.498 e. The van der Waals surface area contributed by atoms with E-state index in [0.717, 1.165) is 18.3 Å². The smallest absolute Gasteiger partial charge is 0.444 e. The van der Waals surface area contributed by atoms with E-state index in [0.29, 0.717) is 19.0 Å². The number of hydrogen-bond acceptors (Lipinski definition) is 7. The molecule has 0 aromatic carbocycles. The molecule has 2 saturated heterocycles. The van der Waals surface area contributed by atoms with Crippen molar-refractivity contribution in [3.05, 3.63) is 12.4 Å². The molecule has 0 N–H and O–H groups in total. The minimum atomic E-state index is -0.506. The number of ether oxygens (including phenoxy) is 1. The van der Waals surface area contributed by atoms with Crippen molar-refractivity contribution >= 4 is 24.6 Å². The van der Waals surface area contributed by atoms with E-state index in [4.69, 9.17) is 14.0 Å². The fourth-order valence-electron chi connectivity index (χ4n) is 4.06. The van der Waals surface area contributed by atoms with Gasteiger partial charge >= 0.3 is 13.2 Å². The van der Waals surface area contributed by atoms with Crippen LogP contribution in [0.25, 0.3) is 0 Å². The molecular weight excluding hydrogens is 407 g/mol. The van der Waals surface area contributed by atoms with Gasteiger partial charge in [-0.3, -0.25) is 0 Å². The van der Waals surface area contributed by atoms with Crippen LogP contribution in [0.15, 0.2) is 12.4 Å². The van der Waals surface area contributed by atoms with Crippen molar-refractivity contribution in [2.45, 2.75) is 104 Å². The molecule has 0 radical (unpaired) electrons. The molecule has 3 heterocycles. The van der Waals surface area contributed by atoms with Crippen LogP contribution in [0.1, 0.15) is 75.2 Å². The summed E-state index contributed by atoms with van der Waals surface area (Å²) in [6.45, 7) is 19.3. The summed E-state index contributed by atoms with van der Waals surface area (Å²) < 4.78 is 17.8. The van der Waals surface area contributed by atoms with E-state index in [1.165, 1.54) is 0 Å². The van der Waals surface area contributed by atoms with Gasteiger partial charge in [0, 0.05) is 43.0 Å². The van der Waals surface area contributed by atoms with Gasteiger partial charge < -0.3 is 23.8 Å². The Balaban J connectivity index is 1.74. The van der Waals surface area contributed by atoms with E-state index in [9.17, 15) is 4.79 Å². The summed E-state index contributed by atoms with van der Waals surface area (Å²) in [6.07, 6.45) is 5.20. The summed E-state index contributed by atoms with van der Waals surface area (Å²) in [5, 5.41) is 0. The van der Waals surface area contributed by atoms with Crippen molar-refractivity contribution in [2.75, 3.05) is 18.0 Å². The van der Waals surface area contributed by atoms with Gasteiger partial charge in [-0.2, -0.15) is 0 Å². The molecule has 1 amide bonds. The third-order valence-corrected chi connectivity index (χ3v) is 6.41. The molecule has 0 unspecified atom stereocenters. The van der Waals surface area contributed by atoms with Crippen LogP contribution in [0.3, 0.4) is 0 Å². The predicted octanol–water partition coefficient (Wildman–Crippen LogP) is 3.39. The highest BCUT2D eigenvalue weighted by atomic mass is 16.7. The Kier molecular flexibility index (Phi) is 6.83. The number of rotatable bonds is 4. The number of amides is 1. The highest BCUT2D eigenvalue weighted by Crippen LogP contribution is 2.36. The lowest BCUT2D eigenvalue weighted by Gasteiger charge is -2.41. The number of likely N-dealkylation sites (tertiary alicyclic amines) is 1. The second-order valence-electron chi connectivity index (χ2n) is 11.1. The van der Waals surface area contributed by atoms with Crippen LogP contribution in [0, 0.1) is 0 Å². The Labute approximate surface area is 193 Å². The van der Waals surface area contributed by atoms with Crippen molar-refractivity contribution in [1.29, 1.82) is 0 Å². The fourth-order valence-corrected chi connectivity index (χ4v) is 4.06. The highest BCUT2D eigenvalue weighted by Gasteiger charge is 2.52. The minimum Gasteiger partial charge on any atom is -0.444 e. The Morgan fingerprint density at radius 1 is 1.19 bits per heavy atom. The second-order valence-corrected chi connectivity index (χ2v) is 11.1. The van der Waals surface area contributed by atoms with Crippen LogP contribution >= 0.6 is 0 Å². The number of carbonyl (C=O) groups is 1. The topological polar surface area (TPSA) is 77.0 Å². The molecule has 3 rings (SSSR count). The van der Waals surface area contributed by atoms with Crippen molar-refractivity contribution in [2.24, 2.45) is 0 Å². The molecule has 2 fully saturated rings. The van der Waals surface area contributed by atoms with Crippen LogP contribution in [0.2, 0.25) is 0 Å². The first-order chi connectivity index (χ1) is 14.7. The van der Waals surface area contributed by atoms with E-state index >= 15 is 0 Å². The number of hydrogen-bond donors (Lipinski definition) is 0. The van der Waals surface area contributed by atoms with E-state index in [1.54, 1.807) is 17.3 Å². The lowest BCUT2D eigenvalue weighted by molar-refractivity contribution is 0.00578. The summed E-state index contributed by atoms with van der Waals surface area (Å²) in [6, 6.07) is 0.306. The molecule has 8 nitrogen and oxygen atoms in total. The maximum atomic E-state index is 12.6. The van der Waals surface area contributed by atoms with Crippen LogP contribution in [-0.2, 0) is 14.0 Å². The van der Waals surface area contributed by atoms with Crippen LogP contribution in [0.5, 0.6) is 0 Å². The fraction of sp³-hybridized carbons (Fsp3) is 0.783. The monoisotopic (exact) mass is 446 g/mol. The van der Waals surface area contributed by atoms with Gasteiger partial charge in [0.05, 0.1) is 11.2 Å². The molecule has 1 aromatic heterocycles. The molecule has 0 aliphatic carbocycles. The number of carbonyl (C=O) groups excluding carboxylic acids is 1. The SMILES string of the molecule is CC(C)N(c1ncc(B2OC(C)(C)C(C)(C)O2)cn1)[C@@H]1CCCN(C(=O)OC(C)(C)C)C1.